The lowest BCUT2D eigenvalue weighted by molar-refractivity contribution is 0.0705. The average Bonchev–Trinajstić information content (AvgIpc) is 3.23. The van der Waals surface area contributed by atoms with Crippen LogP contribution < -0.4 is 10.4 Å². The van der Waals surface area contributed by atoms with Gasteiger partial charge in [0.1, 0.15) is 0 Å². The van der Waals surface area contributed by atoms with Gasteiger partial charge in [-0.15, -0.1) is 0 Å². The maximum atomic E-state index is 12.1. The summed E-state index contributed by atoms with van der Waals surface area (Å²) < 4.78 is 5.37. The van der Waals surface area contributed by atoms with E-state index >= 15 is 0 Å². The lowest BCUT2D eigenvalue weighted by Gasteiger charge is -2.33. The minimum Gasteiger partial charge on any atom is -0.449 e. The molecular weight excluding hydrogens is 314 g/mol. The number of ether oxygens (including phenoxy) is 1. The maximum absolute atomic E-state index is 12.1. The molecule has 9 heteroatoms. The molecule has 1 aromatic rings. The first-order chi connectivity index (χ1) is 11.7. The fourth-order valence-corrected chi connectivity index (χ4v) is 3.34. The predicted molar refractivity (Wildman–Crippen MR) is 81.6 cm³/mol. The number of nitrogens with one attached hydrogen (secondary N) is 1. The number of carbonyl (C=O) groups excluding carboxylic acids is 2. The minimum atomic E-state index is -0.644. The number of piperazine rings is 1. The van der Waals surface area contributed by atoms with Gasteiger partial charge in [0.2, 0.25) is 5.95 Å². The second kappa shape index (κ2) is 5.90. The second-order valence-corrected chi connectivity index (χ2v) is 6.58. The van der Waals surface area contributed by atoms with E-state index in [2.05, 4.69) is 14.9 Å². The number of nitrogens with zero attached hydrogens (tertiary/aromatic N) is 4. The van der Waals surface area contributed by atoms with E-state index in [0.717, 1.165) is 19.3 Å². The van der Waals surface area contributed by atoms with E-state index in [-0.39, 0.29) is 23.7 Å². The van der Waals surface area contributed by atoms with Crippen LogP contribution in [0.15, 0.2) is 12.4 Å². The van der Waals surface area contributed by atoms with Gasteiger partial charge in [-0.25, -0.2) is 20.2 Å². The van der Waals surface area contributed by atoms with Crippen molar-refractivity contribution in [1.82, 2.24) is 20.3 Å². The fourth-order valence-electron chi connectivity index (χ4n) is 3.34. The Morgan fingerprint density at radius 2 is 2.00 bits per heavy atom. The van der Waals surface area contributed by atoms with E-state index < -0.39 is 5.91 Å². The van der Waals surface area contributed by atoms with Crippen LogP contribution in [0.4, 0.5) is 10.7 Å². The van der Waals surface area contributed by atoms with Crippen LogP contribution in [0, 0.1) is 5.92 Å². The van der Waals surface area contributed by atoms with Crippen LogP contribution in [0.1, 0.15) is 29.6 Å². The monoisotopic (exact) mass is 333 g/mol. The topological polar surface area (TPSA) is 108 Å². The molecule has 4 rings (SSSR count). The molecular formula is C15H19N5O4. The van der Waals surface area contributed by atoms with Gasteiger partial charge in [-0.3, -0.25) is 10.0 Å². The van der Waals surface area contributed by atoms with E-state index in [1.54, 1.807) is 10.4 Å². The van der Waals surface area contributed by atoms with Gasteiger partial charge in [0.05, 0.1) is 24.3 Å². The summed E-state index contributed by atoms with van der Waals surface area (Å²) in [5, 5.41) is 8.60. The number of hydroxylamine groups is 1. The van der Waals surface area contributed by atoms with Crippen LogP contribution in [0.5, 0.6) is 0 Å². The lowest BCUT2D eigenvalue weighted by atomic mass is 10.2. The van der Waals surface area contributed by atoms with Crippen LogP contribution in [-0.2, 0) is 4.74 Å². The Balaban J connectivity index is 1.37. The van der Waals surface area contributed by atoms with Gasteiger partial charge in [0, 0.05) is 25.5 Å². The molecule has 0 spiro atoms. The molecule has 2 amide bonds. The molecule has 2 aliphatic heterocycles. The molecule has 1 aliphatic carbocycles. The van der Waals surface area contributed by atoms with Gasteiger partial charge >= 0.3 is 6.09 Å². The third-order valence-electron chi connectivity index (χ3n) is 4.87. The Morgan fingerprint density at radius 3 is 2.58 bits per heavy atom. The molecule has 2 saturated heterocycles. The van der Waals surface area contributed by atoms with Gasteiger partial charge in [-0.2, -0.15) is 0 Å². The first-order valence-electron chi connectivity index (χ1n) is 8.12. The number of fused-ring (bicyclic) bond motifs is 2. The maximum Gasteiger partial charge on any atom is 0.410 e. The van der Waals surface area contributed by atoms with Crippen molar-refractivity contribution in [1.29, 1.82) is 0 Å². The molecule has 2 atom stereocenters. The second-order valence-electron chi connectivity index (χ2n) is 6.58. The normalized spacial score (nSPS) is 25.0. The zero-order valence-electron chi connectivity index (χ0n) is 13.1. The Labute approximate surface area is 138 Å². The van der Waals surface area contributed by atoms with Gasteiger partial charge in [-0.1, -0.05) is 0 Å². The Bertz CT molecular complexity index is 648. The third kappa shape index (κ3) is 2.75. The quantitative estimate of drug-likeness (QED) is 0.607. The third-order valence-corrected chi connectivity index (χ3v) is 4.87. The molecule has 24 heavy (non-hydrogen) atoms. The minimum absolute atomic E-state index is 0.116. The molecule has 1 saturated carbocycles. The molecule has 9 nitrogen and oxygen atoms in total. The van der Waals surface area contributed by atoms with Gasteiger partial charge in [-0.05, 0) is 25.2 Å². The number of hydrogen-bond acceptors (Lipinski definition) is 7. The number of hydrogen-bond donors (Lipinski definition) is 2. The van der Waals surface area contributed by atoms with Gasteiger partial charge in [0.25, 0.3) is 5.91 Å². The van der Waals surface area contributed by atoms with Crippen LogP contribution in [0.3, 0.4) is 0 Å². The van der Waals surface area contributed by atoms with Crippen molar-refractivity contribution in [3.63, 3.8) is 0 Å². The standard InChI is InChI=1S/C15H19N5O4/c21-13(18-23)10-4-16-14(17-5-10)19-6-12-3-11(19)7-20(12)15(22)24-8-9-1-2-9/h4-5,9,11-12,23H,1-3,6-8H2,(H,18,21)/t11-,12-/m1/s1. The average molecular weight is 333 g/mol. The van der Waals surface area contributed by atoms with Crippen molar-refractivity contribution in [3.05, 3.63) is 18.0 Å². The molecule has 0 aromatic carbocycles. The summed E-state index contributed by atoms with van der Waals surface area (Å²) in [6.07, 6.45) is 5.73. The highest BCUT2D eigenvalue weighted by atomic mass is 16.6. The molecule has 1 aromatic heterocycles. The van der Waals surface area contributed by atoms with E-state index in [0.29, 0.717) is 31.6 Å². The van der Waals surface area contributed by atoms with Crippen LogP contribution >= 0.6 is 0 Å². The summed E-state index contributed by atoms with van der Waals surface area (Å²) >= 11 is 0. The largest absolute Gasteiger partial charge is 0.449 e. The summed E-state index contributed by atoms with van der Waals surface area (Å²) in [5.74, 6) is 0.449. The fraction of sp³-hybridized carbons (Fsp3) is 0.600. The van der Waals surface area contributed by atoms with Crippen molar-refractivity contribution in [3.8, 4) is 0 Å². The molecule has 3 heterocycles. The van der Waals surface area contributed by atoms with Crippen molar-refractivity contribution in [2.45, 2.75) is 31.3 Å². The highest BCUT2D eigenvalue weighted by Crippen LogP contribution is 2.34. The first kappa shape index (κ1) is 15.1. The number of carbonyl (C=O) groups is 2. The highest BCUT2D eigenvalue weighted by Gasteiger charge is 2.47. The van der Waals surface area contributed by atoms with E-state index in [9.17, 15) is 9.59 Å². The molecule has 128 valence electrons. The summed E-state index contributed by atoms with van der Waals surface area (Å²) in [6.45, 7) is 1.80. The zero-order chi connectivity index (χ0) is 16.7. The molecule has 3 aliphatic rings. The Hall–Kier alpha value is -2.42. The van der Waals surface area contributed by atoms with Crippen molar-refractivity contribution >= 4 is 17.9 Å². The van der Waals surface area contributed by atoms with Gasteiger partial charge in [0.15, 0.2) is 0 Å². The smallest absolute Gasteiger partial charge is 0.410 e. The van der Waals surface area contributed by atoms with Crippen LogP contribution in [0.25, 0.3) is 0 Å². The highest BCUT2D eigenvalue weighted by molar-refractivity contribution is 5.92. The van der Waals surface area contributed by atoms with E-state index in [1.165, 1.54) is 12.4 Å². The number of likely N-dealkylation sites (tertiary alicyclic amines) is 1. The first-order valence-corrected chi connectivity index (χ1v) is 8.12. The summed E-state index contributed by atoms with van der Waals surface area (Å²) in [6, 6.07) is 0.284. The summed E-state index contributed by atoms with van der Waals surface area (Å²) in [4.78, 5) is 35.7. The number of aromatic nitrogens is 2. The van der Waals surface area contributed by atoms with Crippen LogP contribution in [-0.4, -0.2) is 63.9 Å². The van der Waals surface area contributed by atoms with Crippen molar-refractivity contribution in [2.24, 2.45) is 5.92 Å². The number of anilines is 1. The molecule has 2 bridgehead atoms. The molecule has 3 fully saturated rings. The molecule has 2 N–H and O–H groups in total. The SMILES string of the molecule is O=C(NO)c1cnc(N2C[C@H]3C[C@@H]2CN3C(=O)OCC2CC2)nc1. The Morgan fingerprint density at radius 1 is 1.25 bits per heavy atom. The predicted octanol–water partition coefficient (Wildman–Crippen LogP) is 0.405. The van der Waals surface area contributed by atoms with E-state index in [1.807, 2.05) is 0 Å². The van der Waals surface area contributed by atoms with Crippen molar-refractivity contribution < 1.29 is 19.5 Å². The molecule has 0 unspecified atom stereocenters. The Kier molecular flexibility index (Phi) is 3.72. The number of amides is 2. The number of rotatable bonds is 4. The summed E-state index contributed by atoms with van der Waals surface area (Å²) in [5.41, 5.74) is 1.74. The zero-order valence-corrected chi connectivity index (χ0v) is 13.1. The lowest BCUT2D eigenvalue weighted by Crippen LogP contribution is -2.49. The summed E-state index contributed by atoms with van der Waals surface area (Å²) in [7, 11) is 0. The molecule has 0 radical (unpaired) electrons. The van der Waals surface area contributed by atoms with Crippen LogP contribution in [0.2, 0.25) is 0 Å². The van der Waals surface area contributed by atoms with E-state index in [4.69, 9.17) is 9.94 Å². The van der Waals surface area contributed by atoms with Crippen molar-refractivity contribution in [2.75, 3.05) is 24.6 Å². The van der Waals surface area contributed by atoms with Gasteiger partial charge < -0.3 is 14.5 Å².